The number of aromatic nitrogens is 2. The van der Waals surface area contributed by atoms with Crippen LogP contribution in [0.2, 0.25) is 5.02 Å². The molecular weight excluding hydrogens is 520 g/mol. The SMILES string of the molecule is C[C@@H]1CN(Cc2ccccc2)C(=O)c2c3n(c(=O)n2C1)CCN(C(=O)c1ccc(Br)c(Cl)c1)C3. The molecule has 34 heavy (non-hydrogen) atoms. The van der Waals surface area contributed by atoms with Crippen molar-refractivity contribution in [1.82, 2.24) is 18.9 Å². The van der Waals surface area contributed by atoms with Gasteiger partial charge in [-0.3, -0.25) is 18.7 Å². The molecule has 1 atom stereocenters. The molecule has 176 valence electrons. The number of hydrogen-bond donors (Lipinski definition) is 0. The van der Waals surface area contributed by atoms with Crippen LogP contribution in [0.1, 0.15) is 39.0 Å². The molecule has 3 heterocycles. The Balaban J connectivity index is 1.49. The standard InChI is InChI=1S/C25H24BrClN4O3/c1-16-12-29(14-17-5-3-2-4-6-17)24(33)22-21-15-28(9-10-30(21)25(34)31(22)13-16)23(32)18-7-8-19(26)20(27)11-18/h2-8,11,16H,9-10,12-15H2,1H3/t16-/m1/s1. The van der Waals surface area contributed by atoms with Crippen LogP contribution >= 0.6 is 27.5 Å². The number of carbonyl (C=O) groups excluding carboxylic acids is 2. The van der Waals surface area contributed by atoms with Crippen molar-refractivity contribution in [1.29, 1.82) is 0 Å². The highest BCUT2D eigenvalue weighted by molar-refractivity contribution is 9.10. The molecule has 2 aromatic carbocycles. The molecule has 0 unspecified atom stereocenters. The Morgan fingerprint density at radius 2 is 1.82 bits per heavy atom. The minimum atomic E-state index is -0.177. The molecular formula is C25H24BrClN4O3. The number of imidazole rings is 1. The van der Waals surface area contributed by atoms with E-state index in [1.807, 2.05) is 35.2 Å². The highest BCUT2D eigenvalue weighted by Crippen LogP contribution is 2.27. The predicted octanol–water partition coefficient (Wildman–Crippen LogP) is 4.01. The van der Waals surface area contributed by atoms with E-state index in [1.54, 1.807) is 32.2 Å². The second kappa shape index (κ2) is 9.07. The van der Waals surface area contributed by atoms with Crippen molar-refractivity contribution in [3.63, 3.8) is 0 Å². The van der Waals surface area contributed by atoms with Gasteiger partial charge in [0.25, 0.3) is 11.8 Å². The molecule has 2 aliphatic heterocycles. The Labute approximate surface area is 210 Å². The van der Waals surface area contributed by atoms with Crippen molar-refractivity contribution >= 4 is 39.3 Å². The molecule has 0 radical (unpaired) electrons. The van der Waals surface area contributed by atoms with Crippen LogP contribution in [0.15, 0.2) is 57.8 Å². The minimum absolute atomic E-state index is 0.124. The van der Waals surface area contributed by atoms with Gasteiger partial charge in [-0.1, -0.05) is 48.9 Å². The van der Waals surface area contributed by atoms with Gasteiger partial charge in [0.1, 0.15) is 5.69 Å². The van der Waals surface area contributed by atoms with Gasteiger partial charge in [-0.15, -0.1) is 0 Å². The number of fused-ring (bicyclic) bond motifs is 3. The smallest absolute Gasteiger partial charge is 0.329 e. The van der Waals surface area contributed by atoms with E-state index in [2.05, 4.69) is 22.9 Å². The molecule has 9 heteroatoms. The maximum absolute atomic E-state index is 13.7. The summed E-state index contributed by atoms with van der Waals surface area (Å²) in [5.74, 6) is -0.220. The molecule has 0 saturated heterocycles. The Morgan fingerprint density at radius 1 is 1.06 bits per heavy atom. The molecule has 0 saturated carbocycles. The summed E-state index contributed by atoms with van der Waals surface area (Å²) in [5, 5.41) is 0.457. The number of nitrogens with zero attached hydrogens (tertiary/aromatic N) is 4. The van der Waals surface area contributed by atoms with Crippen molar-refractivity contribution < 1.29 is 9.59 Å². The zero-order valence-electron chi connectivity index (χ0n) is 18.7. The number of benzene rings is 2. The van der Waals surface area contributed by atoms with Gasteiger partial charge in [-0.2, -0.15) is 0 Å². The third-order valence-corrected chi connectivity index (χ3v) is 7.68. The van der Waals surface area contributed by atoms with Crippen LogP contribution < -0.4 is 5.69 Å². The summed E-state index contributed by atoms with van der Waals surface area (Å²) < 4.78 is 3.98. The van der Waals surface area contributed by atoms with Crippen molar-refractivity contribution in [2.75, 3.05) is 13.1 Å². The first kappa shape index (κ1) is 22.9. The Hall–Kier alpha value is -2.84. The molecule has 5 rings (SSSR count). The summed E-state index contributed by atoms with van der Waals surface area (Å²) in [6, 6.07) is 14.9. The van der Waals surface area contributed by atoms with Gasteiger partial charge >= 0.3 is 5.69 Å². The zero-order valence-corrected chi connectivity index (χ0v) is 21.1. The largest absolute Gasteiger partial charge is 0.333 e. The van der Waals surface area contributed by atoms with Crippen molar-refractivity contribution in [3.8, 4) is 0 Å². The summed E-state index contributed by atoms with van der Waals surface area (Å²) in [5.41, 5.74) is 2.34. The molecule has 0 fully saturated rings. The number of rotatable bonds is 3. The molecule has 0 spiro atoms. The molecule has 2 amide bonds. The molecule has 0 aliphatic carbocycles. The molecule has 0 bridgehead atoms. The Bertz CT molecular complexity index is 1330. The van der Waals surface area contributed by atoms with E-state index < -0.39 is 0 Å². The number of halogens is 2. The number of carbonyl (C=O) groups is 2. The van der Waals surface area contributed by atoms with Gasteiger partial charge in [0, 0.05) is 42.8 Å². The van der Waals surface area contributed by atoms with Crippen molar-refractivity contribution in [3.05, 3.63) is 91.0 Å². The lowest BCUT2D eigenvalue weighted by Crippen LogP contribution is -2.41. The van der Waals surface area contributed by atoms with Gasteiger partial charge in [-0.05, 0) is 45.6 Å². The van der Waals surface area contributed by atoms with Gasteiger partial charge in [0.15, 0.2) is 0 Å². The lowest BCUT2D eigenvalue weighted by molar-refractivity contribution is 0.0685. The van der Waals surface area contributed by atoms with E-state index >= 15 is 0 Å². The third-order valence-electron chi connectivity index (χ3n) is 6.45. The van der Waals surface area contributed by atoms with Crippen LogP contribution in [0.25, 0.3) is 0 Å². The maximum Gasteiger partial charge on any atom is 0.329 e. The summed E-state index contributed by atoms with van der Waals surface area (Å²) in [6.45, 7) is 4.50. The fourth-order valence-corrected chi connectivity index (χ4v) is 5.25. The van der Waals surface area contributed by atoms with Gasteiger partial charge < -0.3 is 9.80 Å². The zero-order chi connectivity index (χ0) is 24.0. The van der Waals surface area contributed by atoms with Crippen LogP contribution in [0.5, 0.6) is 0 Å². The molecule has 0 N–H and O–H groups in total. The van der Waals surface area contributed by atoms with Crippen LogP contribution in [0, 0.1) is 5.92 Å². The normalized spacial score (nSPS) is 17.9. The summed E-state index contributed by atoms with van der Waals surface area (Å²) >= 11 is 9.54. The van der Waals surface area contributed by atoms with E-state index in [9.17, 15) is 14.4 Å². The molecule has 2 aliphatic rings. The molecule has 3 aromatic rings. The van der Waals surface area contributed by atoms with Crippen LogP contribution in [0.4, 0.5) is 0 Å². The quantitative estimate of drug-likeness (QED) is 0.501. The second-order valence-electron chi connectivity index (χ2n) is 8.97. The highest BCUT2D eigenvalue weighted by Gasteiger charge is 2.36. The first-order valence-electron chi connectivity index (χ1n) is 11.2. The van der Waals surface area contributed by atoms with Gasteiger partial charge in [0.05, 0.1) is 17.3 Å². The molecule has 7 nitrogen and oxygen atoms in total. The van der Waals surface area contributed by atoms with Gasteiger partial charge in [-0.25, -0.2) is 4.79 Å². The minimum Gasteiger partial charge on any atom is -0.333 e. The molecule has 1 aromatic heterocycles. The number of hydrogen-bond acceptors (Lipinski definition) is 3. The van der Waals surface area contributed by atoms with Crippen LogP contribution in [-0.2, 0) is 26.2 Å². The van der Waals surface area contributed by atoms with Crippen molar-refractivity contribution in [2.24, 2.45) is 5.92 Å². The highest BCUT2D eigenvalue weighted by atomic mass is 79.9. The Morgan fingerprint density at radius 3 is 2.56 bits per heavy atom. The van der Waals surface area contributed by atoms with E-state index in [4.69, 9.17) is 11.6 Å². The lowest BCUT2D eigenvalue weighted by Gasteiger charge is -2.29. The van der Waals surface area contributed by atoms with E-state index in [1.165, 1.54) is 0 Å². The fourth-order valence-electron chi connectivity index (χ4n) is 4.82. The van der Waals surface area contributed by atoms with Crippen molar-refractivity contribution in [2.45, 2.75) is 33.1 Å². The first-order valence-corrected chi connectivity index (χ1v) is 12.4. The summed E-state index contributed by atoms with van der Waals surface area (Å²) in [7, 11) is 0. The van der Waals surface area contributed by atoms with Crippen LogP contribution in [-0.4, -0.2) is 43.8 Å². The summed E-state index contributed by atoms with van der Waals surface area (Å²) in [4.78, 5) is 43.7. The predicted molar refractivity (Wildman–Crippen MR) is 133 cm³/mol. The Kier molecular flexibility index (Phi) is 6.12. The lowest BCUT2D eigenvalue weighted by atomic mass is 10.1. The monoisotopic (exact) mass is 542 g/mol. The number of amides is 2. The maximum atomic E-state index is 13.7. The fraction of sp³-hybridized carbons (Fsp3) is 0.320. The second-order valence-corrected chi connectivity index (χ2v) is 10.2. The van der Waals surface area contributed by atoms with E-state index in [0.717, 1.165) is 5.56 Å². The summed E-state index contributed by atoms with van der Waals surface area (Å²) in [6.07, 6.45) is 0. The average molecular weight is 544 g/mol. The van der Waals surface area contributed by atoms with Gasteiger partial charge in [0.2, 0.25) is 0 Å². The first-order chi connectivity index (χ1) is 16.3. The third kappa shape index (κ3) is 4.09. The van der Waals surface area contributed by atoms with Crippen LogP contribution in [0.3, 0.4) is 0 Å². The average Bonchev–Trinajstić information content (AvgIpc) is 3.03. The topological polar surface area (TPSA) is 67.6 Å². The van der Waals surface area contributed by atoms with E-state index in [-0.39, 0.29) is 30.0 Å². The van der Waals surface area contributed by atoms with E-state index in [0.29, 0.717) is 59.2 Å².